The molecular weight excluding hydrogens is 481 g/mol. The van der Waals surface area contributed by atoms with Crippen molar-refractivity contribution < 1.29 is 9.47 Å². The van der Waals surface area contributed by atoms with Gasteiger partial charge in [0.1, 0.15) is 5.75 Å². The summed E-state index contributed by atoms with van der Waals surface area (Å²) in [5, 5.41) is 7.04. The molecule has 0 aromatic heterocycles. The second-order valence-corrected chi connectivity index (χ2v) is 7.55. The largest absolute Gasteiger partial charge is 0.497 e. The number of benzene rings is 1. The van der Waals surface area contributed by atoms with Gasteiger partial charge in [0, 0.05) is 39.3 Å². The SMILES string of the molecule is CN=C(NCC1CCCN1C)NCC(c1ccc(OC)cc1)N1CCOCC1.I. The Hall–Kier alpha value is -1.10. The van der Waals surface area contributed by atoms with Gasteiger partial charge in [-0.25, -0.2) is 0 Å². The fraction of sp³-hybridized carbons (Fsp3) is 0.667. The molecule has 1 aromatic carbocycles. The van der Waals surface area contributed by atoms with Gasteiger partial charge in [-0.05, 0) is 44.1 Å². The fourth-order valence-electron chi connectivity index (χ4n) is 4.04. The summed E-state index contributed by atoms with van der Waals surface area (Å²) in [6.07, 6.45) is 2.54. The molecule has 2 aliphatic heterocycles. The average molecular weight is 517 g/mol. The lowest BCUT2D eigenvalue weighted by Gasteiger charge is -2.35. The zero-order valence-electron chi connectivity index (χ0n) is 17.9. The van der Waals surface area contributed by atoms with E-state index < -0.39 is 0 Å². The number of nitrogens with one attached hydrogen (secondary N) is 2. The van der Waals surface area contributed by atoms with Gasteiger partial charge in [0.2, 0.25) is 0 Å². The predicted molar refractivity (Wildman–Crippen MR) is 129 cm³/mol. The second-order valence-electron chi connectivity index (χ2n) is 7.55. The van der Waals surface area contributed by atoms with E-state index >= 15 is 0 Å². The standard InChI is InChI=1S/C21H35N5O2.HI/c1-22-21(23-15-18-5-4-10-25(18)2)24-16-20(26-11-13-28-14-12-26)17-6-8-19(27-3)9-7-17;/h6-9,18,20H,4-5,10-16H2,1-3H3,(H2,22,23,24);1H. The van der Waals surface area contributed by atoms with E-state index in [1.807, 2.05) is 19.2 Å². The van der Waals surface area contributed by atoms with Crippen molar-refractivity contribution in [3.05, 3.63) is 29.8 Å². The van der Waals surface area contributed by atoms with E-state index in [1.165, 1.54) is 24.9 Å². The van der Waals surface area contributed by atoms with Gasteiger partial charge < -0.3 is 25.0 Å². The fourth-order valence-corrected chi connectivity index (χ4v) is 4.04. The van der Waals surface area contributed by atoms with Gasteiger partial charge in [0.05, 0.1) is 26.4 Å². The van der Waals surface area contributed by atoms with E-state index in [4.69, 9.17) is 9.47 Å². The van der Waals surface area contributed by atoms with Gasteiger partial charge in [-0.3, -0.25) is 9.89 Å². The number of hydrogen-bond donors (Lipinski definition) is 2. The number of ether oxygens (including phenoxy) is 2. The number of nitrogens with zero attached hydrogens (tertiary/aromatic N) is 3. The van der Waals surface area contributed by atoms with Crippen molar-refractivity contribution in [3.63, 3.8) is 0 Å². The highest BCUT2D eigenvalue weighted by Gasteiger charge is 2.24. The first kappa shape index (κ1) is 24.2. The van der Waals surface area contributed by atoms with Gasteiger partial charge in [-0.2, -0.15) is 0 Å². The number of morpholine rings is 1. The van der Waals surface area contributed by atoms with E-state index in [-0.39, 0.29) is 30.0 Å². The molecule has 0 saturated carbocycles. The predicted octanol–water partition coefficient (Wildman–Crippen LogP) is 1.95. The van der Waals surface area contributed by atoms with Crippen LogP contribution < -0.4 is 15.4 Å². The van der Waals surface area contributed by atoms with Crippen LogP contribution in [0.15, 0.2) is 29.3 Å². The number of halogens is 1. The third kappa shape index (κ3) is 6.97. The number of aliphatic imine (C=N–C) groups is 1. The van der Waals surface area contributed by atoms with Gasteiger partial charge >= 0.3 is 0 Å². The molecule has 2 fully saturated rings. The van der Waals surface area contributed by atoms with Gasteiger partial charge in [-0.15, -0.1) is 24.0 Å². The van der Waals surface area contributed by atoms with Crippen LogP contribution in [-0.2, 0) is 4.74 Å². The molecule has 0 bridgehead atoms. The quantitative estimate of drug-likeness (QED) is 0.328. The van der Waals surface area contributed by atoms with Crippen molar-refractivity contribution in [1.29, 1.82) is 0 Å². The smallest absolute Gasteiger partial charge is 0.191 e. The summed E-state index contributed by atoms with van der Waals surface area (Å²) in [5.41, 5.74) is 1.28. The summed E-state index contributed by atoms with van der Waals surface area (Å²) in [7, 11) is 5.74. The van der Waals surface area contributed by atoms with Crippen LogP contribution in [-0.4, -0.2) is 88.9 Å². The number of guanidine groups is 1. The monoisotopic (exact) mass is 517 g/mol. The summed E-state index contributed by atoms with van der Waals surface area (Å²) in [5.74, 6) is 1.75. The highest BCUT2D eigenvalue weighted by atomic mass is 127. The first-order valence-corrected chi connectivity index (χ1v) is 10.3. The summed E-state index contributed by atoms with van der Waals surface area (Å²) < 4.78 is 10.9. The zero-order valence-corrected chi connectivity index (χ0v) is 20.2. The van der Waals surface area contributed by atoms with E-state index in [0.717, 1.165) is 51.1 Å². The minimum absolute atomic E-state index is 0. The third-order valence-electron chi connectivity index (χ3n) is 5.85. The van der Waals surface area contributed by atoms with Crippen molar-refractivity contribution >= 4 is 29.9 Å². The van der Waals surface area contributed by atoms with Gasteiger partial charge in [-0.1, -0.05) is 12.1 Å². The maximum Gasteiger partial charge on any atom is 0.191 e. The Bertz CT molecular complexity index is 622. The van der Waals surface area contributed by atoms with Crippen molar-refractivity contribution in [2.45, 2.75) is 24.9 Å². The van der Waals surface area contributed by atoms with Crippen LogP contribution >= 0.6 is 24.0 Å². The maximum atomic E-state index is 5.55. The van der Waals surface area contributed by atoms with E-state index in [9.17, 15) is 0 Å². The minimum atomic E-state index is 0. The molecule has 0 radical (unpaired) electrons. The molecule has 1 aromatic rings. The summed E-state index contributed by atoms with van der Waals surface area (Å²) in [6, 6.07) is 9.24. The summed E-state index contributed by atoms with van der Waals surface area (Å²) in [6.45, 7) is 6.37. The number of methoxy groups -OCH3 is 1. The van der Waals surface area contributed by atoms with Crippen molar-refractivity contribution in [1.82, 2.24) is 20.4 Å². The van der Waals surface area contributed by atoms with Gasteiger partial charge in [0.15, 0.2) is 5.96 Å². The summed E-state index contributed by atoms with van der Waals surface area (Å²) in [4.78, 5) is 9.33. The van der Waals surface area contributed by atoms with Crippen LogP contribution in [0.4, 0.5) is 0 Å². The molecule has 2 unspecified atom stereocenters. The normalized spacial score (nSPS) is 22.0. The molecule has 7 nitrogen and oxygen atoms in total. The van der Waals surface area contributed by atoms with E-state index in [1.54, 1.807) is 7.11 Å². The molecule has 2 heterocycles. The first-order chi connectivity index (χ1) is 13.7. The maximum absolute atomic E-state index is 5.55. The lowest BCUT2D eigenvalue weighted by Crippen LogP contribution is -2.48. The molecule has 2 aliphatic rings. The van der Waals surface area contributed by atoms with Crippen molar-refractivity contribution in [3.8, 4) is 5.75 Å². The first-order valence-electron chi connectivity index (χ1n) is 10.3. The molecule has 0 aliphatic carbocycles. The average Bonchev–Trinajstić information content (AvgIpc) is 3.16. The van der Waals surface area contributed by atoms with Gasteiger partial charge in [0.25, 0.3) is 0 Å². The third-order valence-corrected chi connectivity index (χ3v) is 5.85. The highest BCUT2D eigenvalue weighted by molar-refractivity contribution is 14.0. The van der Waals surface area contributed by atoms with E-state index in [0.29, 0.717) is 6.04 Å². The van der Waals surface area contributed by atoms with Crippen LogP contribution in [0.1, 0.15) is 24.4 Å². The van der Waals surface area contributed by atoms with E-state index in [2.05, 4.69) is 44.6 Å². The second kappa shape index (κ2) is 12.6. The Kier molecular flexibility index (Phi) is 10.5. The lowest BCUT2D eigenvalue weighted by molar-refractivity contribution is 0.0170. The summed E-state index contributed by atoms with van der Waals surface area (Å²) >= 11 is 0. The molecular formula is C21H36IN5O2. The molecule has 2 N–H and O–H groups in total. The topological polar surface area (TPSA) is 61.4 Å². The Morgan fingerprint density at radius 3 is 2.52 bits per heavy atom. The molecule has 3 rings (SSSR count). The lowest BCUT2D eigenvalue weighted by atomic mass is 10.0. The van der Waals surface area contributed by atoms with Crippen molar-refractivity contribution in [2.24, 2.45) is 4.99 Å². The molecule has 29 heavy (non-hydrogen) atoms. The zero-order chi connectivity index (χ0) is 19.8. The number of likely N-dealkylation sites (tertiary alicyclic amines) is 1. The Labute approximate surface area is 192 Å². The Balaban J connectivity index is 0.00000300. The van der Waals surface area contributed by atoms with Crippen LogP contribution in [0.5, 0.6) is 5.75 Å². The molecule has 0 spiro atoms. The molecule has 8 heteroatoms. The van der Waals surface area contributed by atoms with Crippen LogP contribution in [0, 0.1) is 0 Å². The van der Waals surface area contributed by atoms with Crippen molar-refractivity contribution in [2.75, 3.05) is 67.1 Å². The number of likely N-dealkylation sites (N-methyl/N-ethyl adjacent to an activating group) is 1. The number of hydrogen-bond acceptors (Lipinski definition) is 5. The van der Waals surface area contributed by atoms with Crippen LogP contribution in [0.2, 0.25) is 0 Å². The number of rotatable bonds is 7. The molecule has 2 saturated heterocycles. The van der Waals surface area contributed by atoms with Crippen LogP contribution in [0.3, 0.4) is 0 Å². The molecule has 164 valence electrons. The minimum Gasteiger partial charge on any atom is -0.497 e. The highest BCUT2D eigenvalue weighted by Crippen LogP contribution is 2.23. The Morgan fingerprint density at radius 1 is 1.21 bits per heavy atom. The van der Waals surface area contributed by atoms with Crippen LogP contribution in [0.25, 0.3) is 0 Å². The Morgan fingerprint density at radius 2 is 1.93 bits per heavy atom. The molecule has 0 amide bonds. The molecule has 2 atom stereocenters.